The molecular weight excluding hydrogens is 228 g/mol. The molecule has 1 aromatic rings. The maximum atomic E-state index is 11.1. The summed E-state index contributed by atoms with van der Waals surface area (Å²) in [7, 11) is 0. The molecule has 1 aliphatic heterocycles. The van der Waals surface area contributed by atoms with Gasteiger partial charge in [0.05, 0.1) is 0 Å². The lowest BCUT2D eigenvalue weighted by molar-refractivity contribution is -0.114. The molecule has 2 rings (SSSR count). The maximum absolute atomic E-state index is 11.1. The molecule has 0 spiro atoms. The molecule has 1 aliphatic rings. The number of carbonyl (C=O) groups excluding carboxylic acids is 1. The van der Waals surface area contributed by atoms with Crippen molar-refractivity contribution in [3.05, 3.63) is 23.8 Å². The van der Waals surface area contributed by atoms with Crippen LogP contribution in [0.25, 0.3) is 0 Å². The normalized spacial score (nSPS) is 16.3. The fourth-order valence-corrected chi connectivity index (χ4v) is 2.12. The molecule has 1 fully saturated rings. The highest BCUT2D eigenvalue weighted by Gasteiger charge is 2.14. The number of carbonyl (C=O) groups is 1. The van der Waals surface area contributed by atoms with Crippen LogP contribution in [0.15, 0.2) is 18.2 Å². The number of benzene rings is 1. The summed E-state index contributed by atoms with van der Waals surface area (Å²) in [5.41, 5.74) is 3.12. The van der Waals surface area contributed by atoms with Gasteiger partial charge < -0.3 is 15.4 Å². The summed E-state index contributed by atoms with van der Waals surface area (Å²) in [4.78, 5) is 11.1. The molecule has 18 heavy (non-hydrogen) atoms. The van der Waals surface area contributed by atoms with E-state index in [9.17, 15) is 4.79 Å². The van der Waals surface area contributed by atoms with Crippen LogP contribution in [-0.4, -0.2) is 25.2 Å². The summed E-state index contributed by atoms with van der Waals surface area (Å²) in [6.07, 6.45) is 2.06. The number of hydrogen-bond donors (Lipinski definition) is 2. The standard InChI is InChI=1S/C14H20N2O2/c1-10-3-4-13(15-11(2)17)9-14(10)16-12-5-7-18-8-6-12/h3-4,9,12,16H,5-8H2,1-2H3,(H,15,17). The molecule has 0 bridgehead atoms. The molecule has 98 valence electrons. The Bertz CT molecular complexity index is 426. The summed E-state index contributed by atoms with van der Waals surface area (Å²) in [6, 6.07) is 6.40. The third-order valence-electron chi connectivity index (χ3n) is 3.14. The Kier molecular flexibility index (Phi) is 4.20. The van der Waals surface area contributed by atoms with Crippen molar-refractivity contribution in [2.75, 3.05) is 23.8 Å². The van der Waals surface area contributed by atoms with Crippen molar-refractivity contribution in [1.29, 1.82) is 0 Å². The number of ether oxygens (including phenoxy) is 1. The summed E-state index contributed by atoms with van der Waals surface area (Å²) in [6.45, 7) is 5.23. The highest BCUT2D eigenvalue weighted by molar-refractivity contribution is 5.89. The van der Waals surface area contributed by atoms with E-state index < -0.39 is 0 Å². The predicted molar refractivity (Wildman–Crippen MR) is 72.9 cm³/mol. The van der Waals surface area contributed by atoms with Gasteiger partial charge in [-0.25, -0.2) is 0 Å². The molecule has 1 aromatic carbocycles. The molecule has 0 unspecified atom stereocenters. The van der Waals surface area contributed by atoms with E-state index in [-0.39, 0.29) is 5.91 Å². The van der Waals surface area contributed by atoms with Gasteiger partial charge in [-0.3, -0.25) is 4.79 Å². The van der Waals surface area contributed by atoms with E-state index in [1.165, 1.54) is 12.5 Å². The second-order valence-corrected chi connectivity index (χ2v) is 4.74. The Hall–Kier alpha value is -1.55. The van der Waals surface area contributed by atoms with Crippen LogP contribution in [0.1, 0.15) is 25.3 Å². The molecule has 1 heterocycles. The van der Waals surface area contributed by atoms with Gasteiger partial charge in [-0.1, -0.05) is 6.07 Å². The highest BCUT2D eigenvalue weighted by Crippen LogP contribution is 2.23. The van der Waals surface area contributed by atoms with Gasteiger partial charge in [-0.2, -0.15) is 0 Å². The van der Waals surface area contributed by atoms with Crippen LogP contribution in [0.2, 0.25) is 0 Å². The fourth-order valence-electron chi connectivity index (χ4n) is 2.12. The molecule has 0 saturated carbocycles. The molecule has 0 aromatic heterocycles. The lowest BCUT2D eigenvalue weighted by Gasteiger charge is -2.25. The van der Waals surface area contributed by atoms with Gasteiger partial charge in [-0.05, 0) is 37.5 Å². The van der Waals surface area contributed by atoms with E-state index in [2.05, 4.69) is 17.6 Å². The quantitative estimate of drug-likeness (QED) is 0.864. The Morgan fingerprint density at radius 1 is 1.33 bits per heavy atom. The van der Waals surface area contributed by atoms with Crippen molar-refractivity contribution in [3.63, 3.8) is 0 Å². The topological polar surface area (TPSA) is 50.4 Å². The molecule has 0 radical (unpaired) electrons. The molecule has 4 heteroatoms. The van der Waals surface area contributed by atoms with Crippen LogP contribution in [0.3, 0.4) is 0 Å². The van der Waals surface area contributed by atoms with Crippen LogP contribution in [0.4, 0.5) is 11.4 Å². The number of anilines is 2. The largest absolute Gasteiger partial charge is 0.382 e. The average Bonchev–Trinajstić information content (AvgIpc) is 2.34. The van der Waals surface area contributed by atoms with E-state index in [1.54, 1.807) is 0 Å². The minimum atomic E-state index is -0.0455. The lowest BCUT2D eigenvalue weighted by Crippen LogP contribution is -2.28. The molecule has 4 nitrogen and oxygen atoms in total. The second kappa shape index (κ2) is 5.87. The smallest absolute Gasteiger partial charge is 0.221 e. The van der Waals surface area contributed by atoms with Crippen LogP contribution in [0, 0.1) is 6.92 Å². The number of aryl methyl sites for hydroxylation is 1. The molecule has 0 atom stereocenters. The van der Waals surface area contributed by atoms with E-state index in [1.807, 2.05) is 18.2 Å². The summed E-state index contributed by atoms with van der Waals surface area (Å²) < 4.78 is 5.35. The van der Waals surface area contributed by atoms with Crippen molar-refractivity contribution < 1.29 is 9.53 Å². The van der Waals surface area contributed by atoms with Crippen molar-refractivity contribution >= 4 is 17.3 Å². The minimum Gasteiger partial charge on any atom is -0.382 e. The molecule has 2 N–H and O–H groups in total. The summed E-state index contributed by atoms with van der Waals surface area (Å²) in [5.74, 6) is -0.0455. The predicted octanol–water partition coefficient (Wildman–Crippen LogP) is 2.54. The first-order chi connectivity index (χ1) is 8.65. The summed E-state index contributed by atoms with van der Waals surface area (Å²) >= 11 is 0. The van der Waals surface area contributed by atoms with Crippen molar-refractivity contribution in [2.45, 2.75) is 32.7 Å². The first-order valence-electron chi connectivity index (χ1n) is 6.37. The third kappa shape index (κ3) is 3.47. The second-order valence-electron chi connectivity index (χ2n) is 4.74. The zero-order valence-corrected chi connectivity index (χ0v) is 11.0. The lowest BCUT2D eigenvalue weighted by atomic mass is 10.1. The zero-order chi connectivity index (χ0) is 13.0. The van der Waals surface area contributed by atoms with Crippen molar-refractivity contribution in [2.24, 2.45) is 0 Å². The molecule has 0 aliphatic carbocycles. The van der Waals surface area contributed by atoms with Crippen LogP contribution < -0.4 is 10.6 Å². The Morgan fingerprint density at radius 2 is 2.06 bits per heavy atom. The Morgan fingerprint density at radius 3 is 2.72 bits per heavy atom. The fraction of sp³-hybridized carbons (Fsp3) is 0.500. The van der Waals surface area contributed by atoms with E-state index in [0.717, 1.165) is 37.4 Å². The average molecular weight is 248 g/mol. The number of hydrogen-bond acceptors (Lipinski definition) is 3. The van der Waals surface area contributed by atoms with Gasteiger partial charge >= 0.3 is 0 Å². The van der Waals surface area contributed by atoms with Crippen molar-refractivity contribution in [1.82, 2.24) is 0 Å². The van der Waals surface area contributed by atoms with E-state index in [0.29, 0.717) is 6.04 Å². The number of amides is 1. The van der Waals surface area contributed by atoms with Gasteiger partial charge in [0.15, 0.2) is 0 Å². The van der Waals surface area contributed by atoms with Gasteiger partial charge in [0.25, 0.3) is 0 Å². The van der Waals surface area contributed by atoms with Crippen LogP contribution in [0.5, 0.6) is 0 Å². The van der Waals surface area contributed by atoms with Gasteiger partial charge in [-0.15, -0.1) is 0 Å². The number of rotatable bonds is 3. The monoisotopic (exact) mass is 248 g/mol. The minimum absolute atomic E-state index is 0.0455. The van der Waals surface area contributed by atoms with Crippen LogP contribution in [-0.2, 0) is 9.53 Å². The zero-order valence-electron chi connectivity index (χ0n) is 11.0. The van der Waals surface area contributed by atoms with Gasteiger partial charge in [0.2, 0.25) is 5.91 Å². The van der Waals surface area contributed by atoms with Gasteiger partial charge in [0, 0.05) is 37.6 Å². The maximum Gasteiger partial charge on any atom is 0.221 e. The first-order valence-corrected chi connectivity index (χ1v) is 6.37. The summed E-state index contributed by atoms with van der Waals surface area (Å²) in [5, 5.41) is 6.34. The van der Waals surface area contributed by atoms with Gasteiger partial charge in [0.1, 0.15) is 0 Å². The molecule has 1 saturated heterocycles. The Balaban J connectivity index is 2.07. The number of nitrogens with one attached hydrogen (secondary N) is 2. The van der Waals surface area contributed by atoms with E-state index >= 15 is 0 Å². The first kappa shape index (κ1) is 12.9. The third-order valence-corrected chi connectivity index (χ3v) is 3.14. The Labute approximate surface area is 108 Å². The molecule has 1 amide bonds. The highest BCUT2D eigenvalue weighted by atomic mass is 16.5. The van der Waals surface area contributed by atoms with E-state index in [4.69, 9.17) is 4.74 Å². The SMILES string of the molecule is CC(=O)Nc1ccc(C)c(NC2CCOCC2)c1. The molecular formula is C14H20N2O2. The van der Waals surface area contributed by atoms with Crippen molar-refractivity contribution in [3.8, 4) is 0 Å². The van der Waals surface area contributed by atoms with Crippen LogP contribution >= 0.6 is 0 Å².